The third-order valence-electron chi connectivity index (χ3n) is 2.15. The van der Waals surface area contributed by atoms with Crippen LogP contribution in [0, 0.1) is 13.8 Å². The summed E-state index contributed by atoms with van der Waals surface area (Å²) in [5, 5.41) is 0. The summed E-state index contributed by atoms with van der Waals surface area (Å²) < 4.78 is 5.31. The Morgan fingerprint density at radius 2 is 1.77 bits per heavy atom. The van der Waals surface area contributed by atoms with Crippen molar-refractivity contribution in [1.29, 1.82) is 0 Å². The predicted molar refractivity (Wildman–Crippen MR) is 59.7 cm³/mol. The first kappa shape index (κ1) is 10.7. The van der Waals surface area contributed by atoms with Crippen LogP contribution in [0.4, 0.5) is 0 Å². The van der Waals surface area contributed by atoms with Crippen molar-refractivity contribution in [3.63, 3.8) is 0 Å². The average molecular weight is 196 g/mol. The second kappa shape index (κ2) is 4.74. The van der Waals surface area contributed by atoms with Gasteiger partial charge < -0.3 is 4.52 Å². The highest BCUT2D eigenvalue weighted by molar-refractivity contribution is 7.09. The van der Waals surface area contributed by atoms with Crippen molar-refractivity contribution in [2.24, 2.45) is 0 Å². The molecular weight excluding hydrogens is 179 g/mol. The standard InChI is InChI=1S/C11H17OP/c1-4-11(12-13)10-6-8(2)5-9(3)7-10/h5-7,11H,4,13H2,1-3H3. The minimum atomic E-state index is 0.212. The second-order valence-corrected chi connectivity index (χ2v) is 3.73. The van der Waals surface area contributed by atoms with E-state index in [0.29, 0.717) is 0 Å². The van der Waals surface area contributed by atoms with Gasteiger partial charge in [0.2, 0.25) is 0 Å². The Balaban J connectivity index is 2.99. The van der Waals surface area contributed by atoms with Gasteiger partial charge in [-0.1, -0.05) is 36.2 Å². The van der Waals surface area contributed by atoms with E-state index in [9.17, 15) is 0 Å². The van der Waals surface area contributed by atoms with E-state index in [0.717, 1.165) is 6.42 Å². The van der Waals surface area contributed by atoms with E-state index in [1.165, 1.54) is 16.7 Å². The van der Waals surface area contributed by atoms with Crippen LogP contribution in [0.5, 0.6) is 0 Å². The van der Waals surface area contributed by atoms with Gasteiger partial charge in [0, 0.05) is 9.47 Å². The minimum absolute atomic E-state index is 0.212. The molecule has 0 aliphatic rings. The molecule has 0 radical (unpaired) electrons. The Morgan fingerprint density at radius 3 is 2.15 bits per heavy atom. The Bertz CT molecular complexity index is 259. The van der Waals surface area contributed by atoms with Crippen LogP contribution in [0.2, 0.25) is 0 Å². The molecule has 0 fully saturated rings. The molecule has 0 aliphatic heterocycles. The molecule has 72 valence electrons. The molecule has 0 heterocycles. The van der Waals surface area contributed by atoms with Gasteiger partial charge in [0.15, 0.2) is 0 Å². The molecule has 1 aromatic rings. The van der Waals surface area contributed by atoms with Gasteiger partial charge in [-0.25, -0.2) is 0 Å². The van der Waals surface area contributed by atoms with Gasteiger partial charge in [-0.15, -0.1) is 0 Å². The van der Waals surface area contributed by atoms with Crippen molar-refractivity contribution in [2.45, 2.75) is 33.3 Å². The molecule has 0 saturated heterocycles. The molecular formula is C11H17OP. The molecule has 0 N–H and O–H groups in total. The van der Waals surface area contributed by atoms with Crippen LogP contribution in [-0.2, 0) is 4.52 Å². The summed E-state index contributed by atoms with van der Waals surface area (Å²) in [6.07, 6.45) is 1.22. The molecule has 1 aromatic carbocycles. The summed E-state index contributed by atoms with van der Waals surface area (Å²) in [4.78, 5) is 0. The maximum absolute atomic E-state index is 5.31. The van der Waals surface area contributed by atoms with Crippen LogP contribution in [0.3, 0.4) is 0 Å². The fourth-order valence-electron chi connectivity index (χ4n) is 1.61. The monoisotopic (exact) mass is 196 g/mol. The zero-order valence-corrected chi connectivity index (χ0v) is 9.66. The van der Waals surface area contributed by atoms with Crippen molar-refractivity contribution < 1.29 is 4.52 Å². The van der Waals surface area contributed by atoms with Crippen LogP contribution in [-0.4, -0.2) is 0 Å². The highest BCUT2D eigenvalue weighted by Gasteiger charge is 2.07. The molecule has 0 aliphatic carbocycles. The summed E-state index contributed by atoms with van der Waals surface area (Å²) in [7, 11) is 2.34. The van der Waals surface area contributed by atoms with Crippen molar-refractivity contribution in [3.8, 4) is 0 Å². The first-order valence-electron chi connectivity index (χ1n) is 4.61. The predicted octanol–water partition coefficient (Wildman–Crippen LogP) is 3.56. The lowest BCUT2D eigenvalue weighted by atomic mass is 10.0. The zero-order chi connectivity index (χ0) is 9.84. The van der Waals surface area contributed by atoms with E-state index in [1.54, 1.807) is 0 Å². The van der Waals surface area contributed by atoms with Gasteiger partial charge in [-0.3, -0.25) is 0 Å². The summed E-state index contributed by atoms with van der Waals surface area (Å²) in [5.74, 6) is 0. The van der Waals surface area contributed by atoms with Crippen LogP contribution >= 0.6 is 9.47 Å². The molecule has 13 heavy (non-hydrogen) atoms. The molecule has 1 nitrogen and oxygen atoms in total. The Morgan fingerprint density at radius 1 is 1.23 bits per heavy atom. The lowest BCUT2D eigenvalue weighted by molar-refractivity contribution is 0.240. The molecule has 0 saturated carbocycles. The second-order valence-electron chi connectivity index (χ2n) is 3.45. The highest BCUT2D eigenvalue weighted by atomic mass is 31.0. The van der Waals surface area contributed by atoms with Crippen molar-refractivity contribution in [3.05, 3.63) is 34.9 Å². The van der Waals surface area contributed by atoms with E-state index in [2.05, 4.69) is 48.4 Å². The molecule has 0 spiro atoms. The average Bonchev–Trinajstić information content (AvgIpc) is 2.04. The SMILES string of the molecule is CCC(OP)c1cc(C)cc(C)c1. The first-order chi connectivity index (χ1) is 6.17. The Hall–Kier alpha value is -0.390. The summed E-state index contributed by atoms with van der Waals surface area (Å²) in [5.41, 5.74) is 3.88. The molecule has 2 atom stereocenters. The van der Waals surface area contributed by atoms with Crippen molar-refractivity contribution in [2.75, 3.05) is 0 Å². The Labute approximate surface area is 82.8 Å². The van der Waals surface area contributed by atoms with Gasteiger partial charge in [0.1, 0.15) is 0 Å². The van der Waals surface area contributed by atoms with Gasteiger partial charge >= 0.3 is 0 Å². The van der Waals surface area contributed by atoms with Gasteiger partial charge in [-0.2, -0.15) is 0 Å². The maximum atomic E-state index is 5.31. The lowest BCUT2D eigenvalue weighted by Crippen LogP contribution is -1.97. The third-order valence-corrected chi connectivity index (χ3v) is 2.48. The fourth-order valence-corrected chi connectivity index (χ4v) is 1.96. The topological polar surface area (TPSA) is 9.23 Å². The number of hydrogen-bond acceptors (Lipinski definition) is 1. The van der Waals surface area contributed by atoms with Gasteiger partial charge in [-0.05, 0) is 25.8 Å². The molecule has 0 bridgehead atoms. The number of hydrogen-bond donors (Lipinski definition) is 0. The number of benzene rings is 1. The number of rotatable bonds is 3. The number of aryl methyl sites for hydroxylation is 2. The first-order valence-corrected chi connectivity index (χ1v) is 5.08. The summed E-state index contributed by atoms with van der Waals surface area (Å²) in [6.45, 7) is 6.37. The van der Waals surface area contributed by atoms with E-state index in [4.69, 9.17) is 4.52 Å². The maximum Gasteiger partial charge on any atom is 0.0858 e. The minimum Gasteiger partial charge on any atom is -0.358 e. The van der Waals surface area contributed by atoms with E-state index in [1.807, 2.05) is 0 Å². The van der Waals surface area contributed by atoms with Crippen molar-refractivity contribution in [1.82, 2.24) is 0 Å². The molecule has 0 amide bonds. The van der Waals surface area contributed by atoms with E-state index >= 15 is 0 Å². The zero-order valence-electron chi connectivity index (χ0n) is 8.50. The summed E-state index contributed by atoms with van der Waals surface area (Å²) >= 11 is 0. The lowest BCUT2D eigenvalue weighted by Gasteiger charge is -2.14. The smallest absolute Gasteiger partial charge is 0.0858 e. The molecule has 0 aromatic heterocycles. The van der Waals surface area contributed by atoms with E-state index in [-0.39, 0.29) is 6.10 Å². The van der Waals surface area contributed by atoms with Crippen LogP contribution in [0.25, 0.3) is 0 Å². The molecule has 2 unspecified atom stereocenters. The molecule has 1 rings (SSSR count). The third kappa shape index (κ3) is 2.79. The fraction of sp³-hybridized carbons (Fsp3) is 0.455. The van der Waals surface area contributed by atoms with Gasteiger partial charge in [0.25, 0.3) is 0 Å². The van der Waals surface area contributed by atoms with E-state index < -0.39 is 0 Å². The normalized spacial score (nSPS) is 12.9. The summed E-state index contributed by atoms with van der Waals surface area (Å²) in [6, 6.07) is 6.55. The highest BCUT2D eigenvalue weighted by Crippen LogP contribution is 2.24. The van der Waals surface area contributed by atoms with Crippen LogP contribution in [0.1, 0.15) is 36.1 Å². The Kier molecular flexibility index (Phi) is 3.90. The van der Waals surface area contributed by atoms with Crippen LogP contribution in [0.15, 0.2) is 18.2 Å². The molecule has 2 heteroatoms. The van der Waals surface area contributed by atoms with Crippen LogP contribution < -0.4 is 0 Å². The quantitative estimate of drug-likeness (QED) is 0.671. The largest absolute Gasteiger partial charge is 0.358 e. The van der Waals surface area contributed by atoms with Crippen molar-refractivity contribution >= 4 is 9.47 Å². The van der Waals surface area contributed by atoms with Gasteiger partial charge in [0.05, 0.1) is 6.10 Å².